The van der Waals surface area contributed by atoms with E-state index in [2.05, 4.69) is 20.9 Å². The minimum atomic E-state index is -0.594. The van der Waals surface area contributed by atoms with Crippen LogP contribution >= 0.6 is 11.3 Å². The number of aryl methyl sites for hydroxylation is 1. The number of urea groups is 2. The summed E-state index contributed by atoms with van der Waals surface area (Å²) in [6.07, 6.45) is 2.16. The van der Waals surface area contributed by atoms with Gasteiger partial charge in [0.05, 0.1) is 18.4 Å². The molecule has 1 heterocycles. The number of para-hydroxylation sites is 1. The van der Waals surface area contributed by atoms with Gasteiger partial charge in [0.1, 0.15) is 5.75 Å². The molecule has 0 aliphatic carbocycles. The average Bonchev–Trinajstić information content (AvgIpc) is 3.21. The zero-order valence-corrected chi connectivity index (χ0v) is 18.4. The largest absolute Gasteiger partial charge is 0.496 e. The Balaban J connectivity index is 1.73. The van der Waals surface area contributed by atoms with Gasteiger partial charge in [-0.25, -0.2) is 14.6 Å². The number of hydrogen-bond acceptors (Lipinski definition) is 6. The van der Waals surface area contributed by atoms with E-state index in [1.54, 1.807) is 42.6 Å². The number of nitrogens with two attached hydrogens (primary N) is 1. The van der Waals surface area contributed by atoms with Gasteiger partial charge in [0.15, 0.2) is 10.9 Å². The second-order valence-electron chi connectivity index (χ2n) is 6.83. The van der Waals surface area contributed by atoms with Gasteiger partial charge < -0.3 is 21.1 Å². The number of methoxy groups -OCH3 is 1. The van der Waals surface area contributed by atoms with E-state index in [9.17, 15) is 14.4 Å². The van der Waals surface area contributed by atoms with Gasteiger partial charge in [-0.2, -0.15) is 0 Å². The first kappa shape index (κ1) is 22.8. The van der Waals surface area contributed by atoms with Crippen LogP contribution in [0.3, 0.4) is 0 Å². The molecule has 4 amide bonds. The van der Waals surface area contributed by atoms with Crippen molar-refractivity contribution in [1.82, 2.24) is 10.3 Å². The smallest absolute Gasteiger partial charge is 0.325 e. The summed E-state index contributed by atoms with van der Waals surface area (Å²) in [6.45, 7) is 2.24. The number of carbonyl (C=O) groups is 3. The van der Waals surface area contributed by atoms with E-state index in [1.165, 1.54) is 18.4 Å². The molecule has 5 N–H and O–H groups in total. The molecular formula is C22H23N5O4S. The van der Waals surface area contributed by atoms with Crippen LogP contribution < -0.4 is 26.4 Å². The Morgan fingerprint density at radius 1 is 1.09 bits per heavy atom. The van der Waals surface area contributed by atoms with Gasteiger partial charge >= 0.3 is 12.1 Å². The van der Waals surface area contributed by atoms with Crippen molar-refractivity contribution in [2.24, 2.45) is 5.73 Å². The molecule has 0 aliphatic rings. The Hall–Kier alpha value is -3.92. The molecule has 0 radical (unpaired) electrons. The number of thiazole rings is 1. The van der Waals surface area contributed by atoms with Crippen molar-refractivity contribution in [2.75, 3.05) is 24.3 Å². The summed E-state index contributed by atoms with van der Waals surface area (Å²) in [5, 5.41) is 8.27. The number of rotatable bonds is 8. The number of hydrogen-bond donors (Lipinski definition) is 4. The van der Waals surface area contributed by atoms with Crippen LogP contribution in [-0.2, 0) is 6.42 Å². The number of ketones is 1. The standard InChI is InChI=1S/C22H23N5O4S/c1-13-7-8-17(16(11-13)19(28)15-5-3-4-6-18(15)31-2)26-21(30)27-22-25-12-14(32-22)9-10-24-20(23)29/h3-8,11-12H,9-10H2,1-2H3,(H3,23,24,29)(H2,25,26,27,30). The minimum absolute atomic E-state index is 0.264. The zero-order chi connectivity index (χ0) is 23.1. The van der Waals surface area contributed by atoms with Gasteiger partial charge in [-0.05, 0) is 31.2 Å². The van der Waals surface area contributed by atoms with E-state index in [0.29, 0.717) is 40.7 Å². The minimum Gasteiger partial charge on any atom is -0.496 e. The van der Waals surface area contributed by atoms with Crippen LogP contribution in [0.25, 0.3) is 0 Å². The van der Waals surface area contributed by atoms with Gasteiger partial charge in [-0.15, -0.1) is 11.3 Å². The van der Waals surface area contributed by atoms with Crippen molar-refractivity contribution in [3.05, 3.63) is 70.2 Å². The number of nitrogens with one attached hydrogen (secondary N) is 3. The maximum Gasteiger partial charge on any atom is 0.325 e. The molecule has 10 heteroatoms. The zero-order valence-electron chi connectivity index (χ0n) is 17.6. The highest BCUT2D eigenvalue weighted by molar-refractivity contribution is 7.15. The van der Waals surface area contributed by atoms with Gasteiger partial charge in [-0.3, -0.25) is 10.1 Å². The van der Waals surface area contributed by atoms with Crippen molar-refractivity contribution in [3.8, 4) is 5.75 Å². The van der Waals surface area contributed by atoms with Crippen molar-refractivity contribution in [1.29, 1.82) is 0 Å². The fourth-order valence-corrected chi connectivity index (χ4v) is 3.78. The summed E-state index contributed by atoms with van der Waals surface area (Å²) in [7, 11) is 1.50. The fraction of sp³-hybridized carbons (Fsp3) is 0.182. The summed E-state index contributed by atoms with van der Waals surface area (Å²) in [5.74, 6) is 0.190. The summed E-state index contributed by atoms with van der Waals surface area (Å²) < 4.78 is 5.30. The highest BCUT2D eigenvalue weighted by Gasteiger charge is 2.19. The summed E-state index contributed by atoms with van der Waals surface area (Å²) >= 11 is 1.28. The maximum atomic E-state index is 13.2. The predicted octanol–water partition coefficient (Wildman–Crippen LogP) is 3.55. The molecule has 0 bridgehead atoms. The Kier molecular flexibility index (Phi) is 7.40. The first-order chi connectivity index (χ1) is 15.4. The Labute approximate surface area is 189 Å². The second-order valence-corrected chi connectivity index (χ2v) is 7.95. The van der Waals surface area contributed by atoms with Crippen LogP contribution in [0, 0.1) is 6.92 Å². The number of benzene rings is 2. The molecule has 0 spiro atoms. The normalized spacial score (nSPS) is 10.3. The van der Waals surface area contributed by atoms with E-state index in [4.69, 9.17) is 10.5 Å². The lowest BCUT2D eigenvalue weighted by molar-refractivity contribution is 0.103. The van der Waals surface area contributed by atoms with Gasteiger partial charge in [0.2, 0.25) is 0 Å². The molecule has 2 aromatic carbocycles. The third-order valence-corrected chi connectivity index (χ3v) is 5.44. The number of aromatic nitrogens is 1. The fourth-order valence-electron chi connectivity index (χ4n) is 2.97. The molecule has 3 aromatic rings. The molecule has 32 heavy (non-hydrogen) atoms. The molecule has 3 rings (SSSR count). The van der Waals surface area contributed by atoms with E-state index in [1.807, 2.05) is 13.0 Å². The van der Waals surface area contributed by atoms with E-state index in [0.717, 1.165) is 10.4 Å². The van der Waals surface area contributed by atoms with Crippen LogP contribution in [0.4, 0.5) is 20.4 Å². The van der Waals surface area contributed by atoms with Gasteiger partial charge in [0, 0.05) is 29.6 Å². The summed E-state index contributed by atoms with van der Waals surface area (Å²) in [4.78, 5) is 41.5. The highest BCUT2D eigenvalue weighted by Crippen LogP contribution is 2.26. The topological polar surface area (TPSA) is 135 Å². The number of amides is 4. The average molecular weight is 454 g/mol. The predicted molar refractivity (Wildman–Crippen MR) is 124 cm³/mol. The number of ether oxygens (including phenoxy) is 1. The monoisotopic (exact) mass is 453 g/mol. The van der Waals surface area contributed by atoms with Crippen LogP contribution in [0.5, 0.6) is 5.75 Å². The third-order valence-electron chi connectivity index (χ3n) is 4.46. The quantitative estimate of drug-likeness (QED) is 0.387. The maximum absolute atomic E-state index is 13.2. The first-order valence-electron chi connectivity index (χ1n) is 9.71. The molecule has 0 saturated carbocycles. The molecule has 0 atom stereocenters. The van der Waals surface area contributed by atoms with E-state index in [-0.39, 0.29) is 5.78 Å². The van der Waals surface area contributed by atoms with Crippen molar-refractivity contribution in [3.63, 3.8) is 0 Å². The van der Waals surface area contributed by atoms with Crippen molar-refractivity contribution < 1.29 is 19.1 Å². The lowest BCUT2D eigenvalue weighted by atomic mass is 9.99. The van der Waals surface area contributed by atoms with Crippen LogP contribution in [-0.4, -0.2) is 36.5 Å². The highest BCUT2D eigenvalue weighted by atomic mass is 32.1. The lowest BCUT2D eigenvalue weighted by Gasteiger charge is -2.13. The van der Waals surface area contributed by atoms with Crippen LogP contribution in [0.15, 0.2) is 48.7 Å². The Morgan fingerprint density at radius 3 is 2.62 bits per heavy atom. The number of anilines is 2. The molecule has 0 fully saturated rings. The number of primary amides is 1. The number of carbonyl (C=O) groups excluding carboxylic acids is 3. The molecule has 0 saturated heterocycles. The summed E-state index contributed by atoms with van der Waals surface area (Å²) in [6, 6.07) is 11.0. The molecule has 0 unspecified atom stereocenters. The Morgan fingerprint density at radius 2 is 1.88 bits per heavy atom. The molecule has 166 valence electrons. The first-order valence-corrected chi connectivity index (χ1v) is 10.5. The van der Waals surface area contributed by atoms with Gasteiger partial charge in [-0.1, -0.05) is 23.8 Å². The van der Waals surface area contributed by atoms with Crippen LogP contribution in [0.1, 0.15) is 26.4 Å². The van der Waals surface area contributed by atoms with Gasteiger partial charge in [0.25, 0.3) is 0 Å². The SMILES string of the molecule is COc1ccccc1C(=O)c1cc(C)ccc1NC(=O)Nc1ncc(CCNC(N)=O)s1. The van der Waals surface area contributed by atoms with E-state index < -0.39 is 12.1 Å². The molecule has 1 aromatic heterocycles. The summed E-state index contributed by atoms with van der Waals surface area (Å²) in [5.41, 5.74) is 7.03. The van der Waals surface area contributed by atoms with E-state index >= 15 is 0 Å². The van der Waals surface area contributed by atoms with Crippen LogP contribution in [0.2, 0.25) is 0 Å². The van der Waals surface area contributed by atoms with Crippen molar-refractivity contribution >= 4 is 40.0 Å². The number of nitrogens with zero attached hydrogens (tertiary/aromatic N) is 1. The third kappa shape index (κ3) is 5.82. The molecule has 0 aliphatic heterocycles. The van der Waals surface area contributed by atoms with Crippen molar-refractivity contribution in [2.45, 2.75) is 13.3 Å². The molecule has 9 nitrogen and oxygen atoms in total. The molecular weight excluding hydrogens is 430 g/mol. The lowest BCUT2D eigenvalue weighted by Crippen LogP contribution is -2.30. The second kappa shape index (κ2) is 10.4. The Bertz CT molecular complexity index is 1140.